The van der Waals surface area contributed by atoms with Crippen molar-refractivity contribution < 1.29 is 18.7 Å². The number of halogens is 1. The third kappa shape index (κ3) is 4.81. The van der Waals surface area contributed by atoms with Crippen LogP contribution in [-0.2, 0) is 6.42 Å². The first-order chi connectivity index (χ1) is 16.4. The Bertz CT molecular complexity index is 1410. The predicted octanol–water partition coefficient (Wildman–Crippen LogP) is 4.36. The van der Waals surface area contributed by atoms with Gasteiger partial charge in [0, 0.05) is 23.1 Å². The van der Waals surface area contributed by atoms with Gasteiger partial charge in [-0.2, -0.15) is 0 Å². The molecule has 0 bridgehead atoms. The summed E-state index contributed by atoms with van der Waals surface area (Å²) in [6.45, 7) is 1.97. The van der Waals surface area contributed by atoms with E-state index in [0.29, 0.717) is 29.2 Å². The van der Waals surface area contributed by atoms with Crippen molar-refractivity contribution in [1.82, 2.24) is 9.38 Å². The highest BCUT2D eigenvalue weighted by molar-refractivity contribution is 7.19. The van der Waals surface area contributed by atoms with Crippen LogP contribution in [-0.4, -0.2) is 28.3 Å². The molecule has 34 heavy (non-hydrogen) atoms. The van der Waals surface area contributed by atoms with Crippen LogP contribution in [0.15, 0.2) is 59.4 Å². The van der Waals surface area contributed by atoms with Crippen LogP contribution >= 0.6 is 11.3 Å². The fourth-order valence-corrected chi connectivity index (χ4v) is 4.39. The molecule has 4 aromatic rings. The summed E-state index contributed by atoms with van der Waals surface area (Å²) < 4.78 is 19.5. The molecule has 8 nitrogen and oxygen atoms in total. The van der Waals surface area contributed by atoms with E-state index in [-0.39, 0.29) is 15.5 Å². The van der Waals surface area contributed by atoms with Crippen molar-refractivity contribution in [3.63, 3.8) is 0 Å². The van der Waals surface area contributed by atoms with Crippen LogP contribution in [0.5, 0.6) is 5.75 Å². The number of hydrogen-bond acceptors (Lipinski definition) is 6. The monoisotopic (exact) mass is 480 g/mol. The average Bonchev–Trinajstić information content (AvgIpc) is 3.22. The third-order valence-electron chi connectivity index (χ3n) is 4.95. The number of nitrogens with zero attached hydrogens (tertiary/aromatic N) is 2. The zero-order valence-electron chi connectivity index (χ0n) is 18.4. The van der Waals surface area contributed by atoms with E-state index in [1.54, 1.807) is 24.3 Å². The van der Waals surface area contributed by atoms with Gasteiger partial charge >= 0.3 is 0 Å². The highest BCUT2D eigenvalue weighted by atomic mass is 32.1. The van der Waals surface area contributed by atoms with E-state index in [1.807, 2.05) is 6.92 Å². The molecule has 0 unspecified atom stereocenters. The second-order valence-electron chi connectivity index (χ2n) is 7.38. The Kier molecular flexibility index (Phi) is 6.69. The van der Waals surface area contributed by atoms with Crippen molar-refractivity contribution in [3.05, 3.63) is 87.0 Å². The van der Waals surface area contributed by atoms with Gasteiger partial charge < -0.3 is 15.4 Å². The van der Waals surface area contributed by atoms with Crippen LogP contribution in [0.25, 0.3) is 4.96 Å². The maximum atomic E-state index is 13.3. The molecule has 174 valence electrons. The Hall–Kier alpha value is -4.05. The van der Waals surface area contributed by atoms with Crippen molar-refractivity contribution in [2.24, 2.45) is 0 Å². The van der Waals surface area contributed by atoms with E-state index in [4.69, 9.17) is 4.74 Å². The van der Waals surface area contributed by atoms with Crippen LogP contribution in [0.4, 0.5) is 15.8 Å². The number of anilines is 2. The van der Waals surface area contributed by atoms with Gasteiger partial charge in [0.15, 0.2) is 4.96 Å². The summed E-state index contributed by atoms with van der Waals surface area (Å²) in [4.78, 5) is 44.0. The van der Waals surface area contributed by atoms with E-state index < -0.39 is 23.2 Å². The number of methoxy groups -OCH3 is 1. The molecule has 0 aliphatic heterocycles. The highest BCUT2D eigenvalue weighted by Gasteiger charge is 2.26. The number of thiazole rings is 1. The number of carbonyl (C=O) groups excluding carboxylic acids is 2. The smallest absolute Gasteiger partial charge is 0.274 e. The summed E-state index contributed by atoms with van der Waals surface area (Å²) in [5, 5.41) is 5.36. The van der Waals surface area contributed by atoms with Crippen molar-refractivity contribution in [3.8, 4) is 5.75 Å². The SMILES string of the molecule is CCCc1cc(=O)n2c(C(=O)Nc3ccc(OC)cc3)c(C(=O)Nc3ccc(F)cc3)sc2n1. The molecule has 0 aliphatic rings. The minimum Gasteiger partial charge on any atom is -0.497 e. The number of benzene rings is 2. The number of aryl methyl sites for hydroxylation is 1. The predicted molar refractivity (Wildman–Crippen MR) is 129 cm³/mol. The minimum absolute atomic E-state index is 0.00795. The Morgan fingerprint density at radius 1 is 1.03 bits per heavy atom. The summed E-state index contributed by atoms with van der Waals surface area (Å²) in [5.41, 5.74) is 0.804. The molecule has 0 aliphatic carbocycles. The van der Waals surface area contributed by atoms with Gasteiger partial charge in [-0.05, 0) is 55.0 Å². The fraction of sp³-hybridized carbons (Fsp3) is 0.167. The summed E-state index contributed by atoms with van der Waals surface area (Å²) in [5.74, 6) is -1.09. The van der Waals surface area contributed by atoms with Gasteiger partial charge in [0.05, 0.1) is 7.11 Å². The first kappa shape index (κ1) is 23.1. The largest absolute Gasteiger partial charge is 0.497 e. The maximum Gasteiger partial charge on any atom is 0.274 e. The normalized spacial score (nSPS) is 10.8. The molecule has 2 aromatic carbocycles. The van der Waals surface area contributed by atoms with Crippen LogP contribution in [0.3, 0.4) is 0 Å². The lowest BCUT2D eigenvalue weighted by molar-refractivity contribution is 0.0989. The number of hydrogen-bond donors (Lipinski definition) is 2. The highest BCUT2D eigenvalue weighted by Crippen LogP contribution is 2.25. The zero-order chi connectivity index (χ0) is 24.2. The zero-order valence-corrected chi connectivity index (χ0v) is 19.2. The van der Waals surface area contributed by atoms with Crippen LogP contribution in [0, 0.1) is 5.82 Å². The standard InChI is InChI=1S/C24H21FN4O4S/c1-3-4-17-13-19(30)29-20(22(31)26-16-9-11-18(33-2)12-10-16)21(34-24(29)28-17)23(32)27-15-7-5-14(25)6-8-15/h5-13H,3-4H2,1-2H3,(H,26,31)(H,27,32). The molecule has 2 amide bonds. The number of ether oxygens (including phenoxy) is 1. The molecule has 0 atom stereocenters. The molecule has 0 spiro atoms. The molecule has 2 aromatic heterocycles. The lowest BCUT2D eigenvalue weighted by atomic mass is 10.2. The molecular formula is C24H21FN4O4S. The number of amides is 2. The molecule has 2 heterocycles. The van der Waals surface area contributed by atoms with Crippen molar-refractivity contribution in [2.45, 2.75) is 19.8 Å². The van der Waals surface area contributed by atoms with Gasteiger partial charge in [0.1, 0.15) is 22.1 Å². The quantitative estimate of drug-likeness (QED) is 0.409. The number of nitrogens with one attached hydrogen (secondary N) is 2. The summed E-state index contributed by atoms with van der Waals surface area (Å²) >= 11 is 0.938. The van der Waals surface area contributed by atoms with Crippen molar-refractivity contribution >= 4 is 39.5 Å². The lowest BCUT2D eigenvalue weighted by Gasteiger charge is -2.09. The second kappa shape index (κ2) is 9.84. The molecule has 0 saturated heterocycles. The van der Waals surface area contributed by atoms with E-state index in [0.717, 1.165) is 22.2 Å². The lowest BCUT2D eigenvalue weighted by Crippen LogP contribution is -2.25. The first-order valence-corrected chi connectivity index (χ1v) is 11.3. The van der Waals surface area contributed by atoms with E-state index in [9.17, 15) is 18.8 Å². The topological polar surface area (TPSA) is 102 Å². The summed E-state index contributed by atoms with van der Waals surface area (Å²) in [7, 11) is 1.53. The minimum atomic E-state index is -0.646. The second-order valence-corrected chi connectivity index (χ2v) is 8.35. The van der Waals surface area contributed by atoms with E-state index >= 15 is 0 Å². The summed E-state index contributed by atoms with van der Waals surface area (Å²) in [6, 6.07) is 13.2. The van der Waals surface area contributed by atoms with Crippen LogP contribution < -0.4 is 20.9 Å². The van der Waals surface area contributed by atoms with Gasteiger partial charge in [-0.15, -0.1) is 0 Å². The number of carbonyl (C=O) groups is 2. The van der Waals surface area contributed by atoms with Crippen LogP contribution in [0.2, 0.25) is 0 Å². The number of aromatic nitrogens is 2. The maximum absolute atomic E-state index is 13.3. The van der Waals surface area contributed by atoms with Gasteiger partial charge in [-0.3, -0.25) is 14.4 Å². The third-order valence-corrected chi connectivity index (χ3v) is 5.99. The van der Waals surface area contributed by atoms with E-state index in [2.05, 4.69) is 15.6 Å². The van der Waals surface area contributed by atoms with Gasteiger partial charge in [-0.25, -0.2) is 13.8 Å². The fourth-order valence-electron chi connectivity index (χ4n) is 3.35. The molecule has 0 saturated carbocycles. The molecule has 10 heteroatoms. The van der Waals surface area contributed by atoms with Gasteiger partial charge in [0.25, 0.3) is 17.4 Å². The molecule has 2 N–H and O–H groups in total. The average molecular weight is 481 g/mol. The molecule has 4 rings (SSSR count). The molecule has 0 fully saturated rings. The summed E-state index contributed by atoms with van der Waals surface area (Å²) in [6.07, 6.45) is 1.38. The van der Waals surface area contributed by atoms with E-state index in [1.165, 1.54) is 37.4 Å². The Morgan fingerprint density at radius 2 is 1.65 bits per heavy atom. The number of fused-ring (bicyclic) bond motifs is 1. The molecular weight excluding hydrogens is 459 g/mol. The Morgan fingerprint density at radius 3 is 2.26 bits per heavy atom. The number of rotatable bonds is 7. The van der Waals surface area contributed by atoms with Crippen molar-refractivity contribution in [1.29, 1.82) is 0 Å². The molecule has 0 radical (unpaired) electrons. The van der Waals surface area contributed by atoms with Crippen molar-refractivity contribution in [2.75, 3.05) is 17.7 Å². The first-order valence-electron chi connectivity index (χ1n) is 10.5. The van der Waals surface area contributed by atoms with Gasteiger partial charge in [0.2, 0.25) is 0 Å². The van der Waals surface area contributed by atoms with Crippen LogP contribution in [0.1, 0.15) is 39.2 Å². The Balaban J connectivity index is 1.77. The van der Waals surface area contributed by atoms with Gasteiger partial charge in [-0.1, -0.05) is 24.7 Å². The Labute approximate surface area is 198 Å².